The third kappa shape index (κ3) is 2.72. The van der Waals surface area contributed by atoms with Gasteiger partial charge < -0.3 is 4.57 Å². The Balaban J connectivity index is 1.76. The van der Waals surface area contributed by atoms with Gasteiger partial charge in [-0.3, -0.25) is 4.90 Å². The molecule has 2 nitrogen and oxygen atoms in total. The molecule has 1 aromatic carbocycles. The summed E-state index contributed by atoms with van der Waals surface area (Å²) in [6.45, 7) is 10.0. The van der Waals surface area contributed by atoms with Gasteiger partial charge in [0.15, 0.2) is 0 Å². The van der Waals surface area contributed by atoms with Crippen molar-refractivity contribution < 1.29 is 4.39 Å². The Labute approximate surface area is 137 Å². The molecular weight excluding hydrogens is 287 g/mol. The van der Waals surface area contributed by atoms with Crippen molar-refractivity contribution >= 4 is 0 Å². The van der Waals surface area contributed by atoms with Crippen LogP contribution in [0.4, 0.5) is 4.39 Å². The molecule has 2 heterocycles. The first-order chi connectivity index (χ1) is 10.9. The summed E-state index contributed by atoms with van der Waals surface area (Å²) < 4.78 is 15.8. The summed E-state index contributed by atoms with van der Waals surface area (Å²) in [6, 6.07) is 9.33. The summed E-state index contributed by atoms with van der Waals surface area (Å²) >= 11 is 0. The van der Waals surface area contributed by atoms with Crippen molar-refractivity contribution in [1.82, 2.24) is 9.47 Å². The van der Waals surface area contributed by atoms with E-state index in [1.165, 1.54) is 29.8 Å². The SMILES string of the molecule is CC(C)(C)N1CCn2c(cc(-c3ccc(F)cc3)c2C2CC2)C1. The van der Waals surface area contributed by atoms with Crippen LogP contribution in [0, 0.1) is 5.82 Å². The molecule has 0 saturated heterocycles. The van der Waals surface area contributed by atoms with Crippen LogP contribution in [0.3, 0.4) is 0 Å². The lowest BCUT2D eigenvalue weighted by molar-refractivity contribution is 0.102. The number of aromatic nitrogens is 1. The highest BCUT2D eigenvalue weighted by Gasteiger charge is 2.34. The van der Waals surface area contributed by atoms with E-state index in [4.69, 9.17) is 0 Å². The van der Waals surface area contributed by atoms with Gasteiger partial charge in [-0.25, -0.2) is 4.39 Å². The molecule has 23 heavy (non-hydrogen) atoms. The van der Waals surface area contributed by atoms with E-state index < -0.39 is 0 Å². The van der Waals surface area contributed by atoms with Gasteiger partial charge in [-0.2, -0.15) is 0 Å². The Kier molecular flexibility index (Phi) is 3.38. The van der Waals surface area contributed by atoms with Crippen molar-refractivity contribution in [3.05, 3.63) is 47.5 Å². The first kappa shape index (κ1) is 14.9. The monoisotopic (exact) mass is 312 g/mol. The quantitative estimate of drug-likeness (QED) is 0.774. The summed E-state index contributed by atoms with van der Waals surface area (Å²) in [5.41, 5.74) is 5.56. The Morgan fingerprint density at radius 2 is 1.74 bits per heavy atom. The fraction of sp³-hybridized carbons (Fsp3) is 0.500. The highest BCUT2D eigenvalue weighted by Crippen LogP contribution is 2.46. The molecule has 1 saturated carbocycles. The number of benzene rings is 1. The first-order valence-corrected chi connectivity index (χ1v) is 8.67. The normalized spacial score (nSPS) is 19.0. The van der Waals surface area contributed by atoms with E-state index in [2.05, 4.69) is 36.3 Å². The van der Waals surface area contributed by atoms with E-state index in [-0.39, 0.29) is 11.4 Å². The van der Waals surface area contributed by atoms with Gasteiger partial charge in [0, 0.05) is 42.1 Å². The van der Waals surface area contributed by atoms with E-state index in [0.29, 0.717) is 5.92 Å². The average Bonchev–Trinajstić information content (AvgIpc) is 3.26. The minimum absolute atomic E-state index is 0.162. The lowest BCUT2D eigenvalue weighted by atomic mass is 10.0. The van der Waals surface area contributed by atoms with Crippen molar-refractivity contribution in [1.29, 1.82) is 0 Å². The summed E-state index contributed by atoms with van der Waals surface area (Å²) in [7, 11) is 0. The van der Waals surface area contributed by atoms with Gasteiger partial charge in [-0.15, -0.1) is 0 Å². The maximum absolute atomic E-state index is 13.3. The van der Waals surface area contributed by atoms with Crippen molar-refractivity contribution in [2.75, 3.05) is 6.54 Å². The summed E-state index contributed by atoms with van der Waals surface area (Å²) in [4.78, 5) is 2.55. The molecule has 0 bridgehead atoms. The van der Waals surface area contributed by atoms with Crippen LogP contribution in [-0.2, 0) is 13.1 Å². The molecule has 122 valence electrons. The zero-order chi connectivity index (χ0) is 16.2. The van der Waals surface area contributed by atoms with Crippen LogP contribution in [-0.4, -0.2) is 21.6 Å². The molecule has 0 spiro atoms. The van der Waals surface area contributed by atoms with Crippen LogP contribution < -0.4 is 0 Å². The van der Waals surface area contributed by atoms with Gasteiger partial charge in [-0.1, -0.05) is 12.1 Å². The molecule has 4 rings (SSSR count). The predicted molar refractivity (Wildman–Crippen MR) is 92.0 cm³/mol. The van der Waals surface area contributed by atoms with Crippen LogP contribution in [0.25, 0.3) is 11.1 Å². The van der Waals surface area contributed by atoms with Gasteiger partial charge in [0.25, 0.3) is 0 Å². The van der Waals surface area contributed by atoms with Gasteiger partial charge in [0.2, 0.25) is 0 Å². The Morgan fingerprint density at radius 1 is 1.04 bits per heavy atom. The fourth-order valence-electron chi connectivity index (χ4n) is 3.74. The van der Waals surface area contributed by atoms with Crippen molar-refractivity contribution in [2.45, 2.75) is 58.2 Å². The number of fused-ring (bicyclic) bond motifs is 1. The molecule has 0 amide bonds. The van der Waals surface area contributed by atoms with Crippen molar-refractivity contribution in [3.63, 3.8) is 0 Å². The third-order valence-corrected chi connectivity index (χ3v) is 5.24. The second-order valence-corrected chi connectivity index (χ2v) is 7.96. The summed E-state index contributed by atoms with van der Waals surface area (Å²) in [6.07, 6.45) is 2.58. The maximum Gasteiger partial charge on any atom is 0.123 e. The smallest absolute Gasteiger partial charge is 0.123 e. The molecule has 1 aliphatic carbocycles. The number of nitrogens with zero attached hydrogens (tertiary/aromatic N) is 2. The number of rotatable bonds is 2. The van der Waals surface area contributed by atoms with E-state index in [1.54, 1.807) is 12.1 Å². The summed E-state index contributed by atoms with van der Waals surface area (Å²) in [5.74, 6) is 0.537. The highest BCUT2D eigenvalue weighted by molar-refractivity contribution is 5.69. The van der Waals surface area contributed by atoms with Gasteiger partial charge in [0.1, 0.15) is 5.82 Å². The zero-order valence-corrected chi connectivity index (χ0v) is 14.3. The predicted octanol–water partition coefficient (Wildman–Crippen LogP) is 4.79. The number of halogens is 1. The largest absolute Gasteiger partial charge is 0.345 e. The van der Waals surface area contributed by atoms with Crippen LogP contribution >= 0.6 is 0 Å². The van der Waals surface area contributed by atoms with Crippen LogP contribution in [0.15, 0.2) is 30.3 Å². The molecule has 1 fully saturated rings. The maximum atomic E-state index is 13.3. The molecular formula is C20H25FN2. The number of hydrogen-bond donors (Lipinski definition) is 0. The fourth-order valence-corrected chi connectivity index (χ4v) is 3.74. The minimum Gasteiger partial charge on any atom is -0.345 e. The van der Waals surface area contributed by atoms with Gasteiger partial charge >= 0.3 is 0 Å². The molecule has 3 heteroatoms. The topological polar surface area (TPSA) is 8.17 Å². The van der Waals surface area contributed by atoms with Crippen LogP contribution in [0.2, 0.25) is 0 Å². The van der Waals surface area contributed by atoms with Crippen LogP contribution in [0.5, 0.6) is 0 Å². The van der Waals surface area contributed by atoms with E-state index >= 15 is 0 Å². The molecule has 2 aliphatic rings. The molecule has 2 aromatic rings. The van der Waals surface area contributed by atoms with E-state index in [0.717, 1.165) is 25.2 Å². The standard InChI is InChI=1S/C20H25FN2/c1-20(2,3)22-10-11-23-17(13-22)12-18(19(23)15-4-5-15)14-6-8-16(21)9-7-14/h6-9,12,15H,4-5,10-11,13H2,1-3H3. The van der Waals surface area contributed by atoms with Crippen LogP contribution in [0.1, 0.15) is 50.9 Å². The lowest BCUT2D eigenvalue weighted by Crippen LogP contribution is -2.45. The zero-order valence-electron chi connectivity index (χ0n) is 14.3. The molecule has 0 radical (unpaired) electrons. The van der Waals surface area contributed by atoms with Crippen molar-refractivity contribution in [3.8, 4) is 11.1 Å². The highest BCUT2D eigenvalue weighted by atomic mass is 19.1. The number of hydrogen-bond acceptors (Lipinski definition) is 1. The molecule has 1 aromatic heterocycles. The van der Waals surface area contributed by atoms with E-state index in [9.17, 15) is 4.39 Å². The second kappa shape index (κ2) is 5.20. The second-order valence-electron chi connectivity index (χ2n) is 7.96. The Bertz CT molecular complexity index is 717. The minimum atomic E-state index is -0.162. The molecule has 0 atom stereocenters. The Morgan fingerprint density at radius 3 is 2.35 bits per heavy atom. The Hall–Kier alpha value is -1.61. The lowest BCUT2D eigenvalue weighted by Gasteiger charge is -2.39. The molecule has 0 unspecified atom stereocenters. The summed E-state index contributed by atoms with van der Waals surface area (Å²) in [5, 5.41) is 0. The third-order valence-electron chi connectivity index (χ3n) is 5.24. The van der Waals surface area contributed by atoms with Crippen molar-refractivity contribution in [2.24, 2.45) is 0 Å². The van der Waals surface area contributed by atoms with Gasteiger partial charge in [0.05, 0.1) is 0 Å². The average molecular weight is 312 g/mol. The molecule has 0 N–H and O–H groups in total. The first-order valence-electron chi connectivity index (χ1n) is 8.67. The molecule has 1 aliphatic heterocycles. The van der Waals surface area contributed by atoms with Gasteiger partial charge in [-0.05, 0) is 63.3 Å². The van der Waals surface area contributed by atoms with E-state index in [1.807, 2.05) is 12.1 Å².